The van der Waals surface area contributed by atoms with Gasteiger partial charge in [0.25, 0.3) is 5.91 Å². The van der Waals surface area contributed by atoms with Crippen molar-refractivity contribution in [2.24, 2.45) is 0 Å². The number of ether oxygens (including phenoxy) is 1. The highest BCUT2D eigenvalue weighted by Gasteiger charge is 2.14. The number of aromatic nitrogens is 1. The van der Waals surface area contributed by atoms with Crippen molar-refractivity contribution in [3.8, 4) is 5.75 Å². The molecule has 0 aliphatic heterocycles. The van der Waals surface area contributed by atoms with Gasteiger partial charge < -0.3 is 19.9 Å². The Balaban J connectivity index is 1.88. The van der Waals surface area contributed by atoms with E-state index in [0.29, 0.717) is 17.2 Å². The standard InChI is InChI=1S/C17H21N3O4/c1-4-11(2)18-17(22)16-9-15(24-20-16)10-23-14-7-5-13(6-8-14)19-12(3)21/h5-9,11H,4,10H2,1-3H3,(H,18,22)(H,19,21)/t11-/m1/s1. The SMILES string of the molecule is CC[C@@H](C)NC(=O)c1cc(COc2ccc(NC(C)=O)cc2)on1. The van der Waals surface area contributed by atoms with Gasteiger partial charge in [0, 0.05) is 24.7 Å². The fraction of sp³-hybridized carbons (Fsp3) is 0.353. The lowest BCUT2D eigenvalue weighted by atomic mass is 10.2. The van der Waals surface area contributed by atoms with Gasteiger partial charge in [0.2, 0.25) is 5.91 Å². The van der Waals surface area contributed by atoms with E-state index in [0.717, 1.165) is 6.42 Å². The van der Waals surface area contributed by atoms with Gasteiger partial charge in [-0.2, -0.15) is 0 Å². The molecule has 24 heavy (non-hydrogen) atoms. The number of nitrogens with zero attached hydrogens (tertiary/aromatic N) is 1. The Morgan fingerprint density at radius 2 is 2.00 bits per heavy atom. The third-order valence-electron chi connectivity index (χ3n) is 3.34. The molecule has 7 nitrogen and oxygen atoms in total. The number of hydrogen-bond acceptors (Lipinski definition) is 5. The van der Waals surface area contributed by atoms with E-state index < -0.39 is 0 Å². The summed E-state index contributed by atoms with van der Waals surface area (Å²) in [7, 11) is 0. The third-order valence-corrected chi connectivity index (χ3v) is 3.34. The highest BCUT2D eigenvalue weighted by atomic mass is 16.5. The van der Waals surface area contributed by atoms with Crippen LogP contribution in [0.2, 0.25) is 0 Å². The normalized spacial score (nSPS) is 11.6. The molecule has 0 radical (unpaired) electrons. The van der Waals surface area contributed by atoms with Gasteiger partial charge in [-0.3, -0.25) is 9.59 Å². The van der Waals surface area contributed by atoms with Crippen molar-refractivity contribution in [2.75, 3.05) is 5.32 Å². The Morgan fingerprint density at radius 3 is 2.62 bits per heavy atom. The maximum absolute atomic E-state index is 11.9. The molecule has 2 N–H and O–H groups in total. The number of anilines is 1. The number of hydrogen-bond donors (Lipinski definition) is 2. The fourth-order valence-corrected chi connectivity index (χ4v) is 1.88. The smallest absolute Gasteiger partial charge is 0.273 e. The van der Waals surface area contributed by atoms with Gasteiger partial charge in [-0.15, -0.1) is 0 Å². The third kappa shape index (κ3) is 5.12. The molecule has 0 aliphatic rings. The van der Waals surface area contributed by atoms with Crippen LogP contribution in [0.25, 0.3) is 0 Å². The van der Waals surface area contributed by atoms with Crippen LogP contribution >= 0.6 is 0 Å². The molecule has 0 fully saturated rings. The van der Waals surface area contributed by atoms with E-state index >= 15 is 0 Å². The van der Waals surface area contributed by atoms with Crippen LogP contribution in [0.3, 0.4) is 0 Å². The number of carbonyl (C=O) groups excluding carboxylic acids is 2. The predicted molar refractivity (Wildman–Crippen MR) is 88.8 cm³/mol. The lowest BCUT2D eigenvalue weighted by Gasteiger charge is -2.08. The zero-order chi connectivity index (χ0) is 17.5. The second-order valence-electron chi connectivity index (χ2n) is 5.46. The fourth-order valence-electron chi connectivity index (χ4n) is 1.88. The molecular formula is C17H21N3O4. The lowest BCUT2D eigenvalue weighted by Crippen LogP contribution is -2.32. The summed E-state index contributed by atoms with van der Waals surface area (Å²) in [6.45, 7) is 5.52. The summed E-state index contributed by atoms with van der Waals surface area (Å²) in [5.41, 5.74) is 0.924. The minimum absolute atomic E-state index is 0.0797. The molecule has 0 spiro atoms. The molecule has 0 saturated carbocycles. The van der Waals surface area contributed by atoms with Crippen LogP contribution in [0, 0.1) is 0 Å². The Bertz CT molecular complexity index is 694. The summed E-state index contributed by atoms with van der Waals surface area (Å²) in [5, 5.41) is 9.24. The van der Waals surface area contributed by atoms with Crippen molar-refractivity contribution in [3.05, 3.63) is 41.8 Å². The molecule has 1 heterocycles. The maximum atomic E-state index is 11.9. The molecule has 2 aromatic rings. The predicted octanol–water partition coefficient (Wildman–Crippen LogP) is 2.74. The van der Waals surface area contributed by atoms with Gasteiger partial charge >= 0.3 is 0 Å². The van der Waals surface area contributed by atoms with E-state index in [9.17, 15) is 9.59 Å². The van der Waals surface area contributed by atoms with Crippen molar-refractivity contribution < 1.29 is 18.8 Å². The number of benzene rings is 1. The average Bonchev–Trinajstić information content (AvgIpc) is 3.02. The molecule has 0 unspecified atom stereocenters. The summed E-state index contributed by atoms with van der Waals surface area (Å²) >= 11 is 0. The quantitative estimate of drug-likeness (QED) is 0.813. The number of rotatable bonds is 7. The second kappa shape index (κ2) is 8.14. The molecule has 1 aromatic heterocycles. The topological polar surface area (TPSA) is 93.5 Å². The minimum atomic E-state index is -0.265. The van der Waals surface area contributed by atoms with E-state index in [1.807, 2.05) is 13.8 Å². The van der Waals surface area contributed by atoms with Gasteiger partial charge in [0.05, 0.1) is 0 Å². The Morgan fingerprint density at radius 1 is 1.29 bits per heavy atom. The molecule has 0 bridgehead atoms. The minimum Gasteiger partial charge on any atom is -0.486 e. The van der Waals surface area contributed by atoms with Gasteiger partial charge in [-0.05, 0) is 37.6 Å². The van der Waals surface area contributed by atoms with Crippen LogP contribution in [-0.2, 0) is 11.4 Å². The molecule has 1 atom stereocenters. The maximum Gasteiger partial charge on any atom is 0.273 e. The van der Waals surface area contributed by atoms with E-state index in [1.165, 1.54) is 6.92 Å². The van der Waals surface area contributed by atoms with Crippen LogP contribution in [0.5, 0.6) is 5.75 Å². The van der Waals surface area contributed by atoms with Crippen molar-refractivity contribution in [3.63, 3.8) is 0 Å². The molecule has 128 valence electrons. The average molecular weight is 331 g/mol. The lowest BCUT2D eigenvalue weighted by molar-refractivity contribution is -0.114. The van der Waals surface area contributed by atoms with E-state index in [1.54, 1.807) is 30.3 Å². The zero-order valence-electron chi connectivity index (χ0n) is 14.0. The Kier molecular flexibility index (Phi) is 5.95. The first kappa shape index (κ1) is 17.5. The largest absolute Gasteiger partial charge is 0.486 e. The first-order chi connectivity index (χ1) is 11.5. The van der Waals surface area contributed by atoms with Crippen LogP contribution in [0.4, 0.5) is 5.69 Å². The van der Waals surface area contributed by atoms with E-state index in [4.69, 9.17) is 9.26 Å². The molecular weight excluding hydrogens is 310 g/mol. The first-order valence-electron chi connectivity index (χ1n) is 7.75. The molecule has 7 heteroatoms. The summed E-state index contributed by atoms with van der Waals surface area (Å²) < 4.78 is 10.7. The van der Waals surface area contributed by atoms with Gasteiger partial charge in [0.15, 0.2) is 11.5 Å². The number of nitrogens with one attached hydrogen (secondary N) is 2. The number of carbonyl (C=O) groups is 2. The summed E-state index contributed by atoms with van der Waals surface area (Å²) in [6.07, 6.45) is 0.841. The van der Waals surface area contributed by atoms with Crippen molar-refractivity contribution in [1.82, 2.24) is 10.5 Å². The highest BCUT2D eigenvalue weighted by Crippen LogP contribution is 2.17. The van der Waals surface area contributed by atoms with E-state index in [-0.39, 0.29) is 30.2 Å². The zero-order valence-corrected chi connectivity index (χ0v) is 14.0. The highest BCUT2D eigenvalue weighted by molar-refractivity contribution is 5.92. The second-order valence-corrected chi connectivity index (χ2v) is 5.46. The van der Waals surface area contributed by atoms with Crippen molar-refractivity contribution in [1.29, 1.82) is 0 Å². The summed E-state index contributed by atoms with van der Waals surface area (Å²) in [5.74, 6) is 0.675. The van der Waals surface area contributed by atoms with Crippen LogP contribution in [-0.4, -0.2) is 23.0 Å². The molecule has 2 rings (SSSR count). The van der Waals surface area contributed by atoms with Crippen molar-refractivity contribution >= 4 is 17.5 Å². The molecule has 1 aromatic carbocycles. The van der Waals surface area contributed by atoms with Crippen molar-refractivity contribution in [2.45, 2.75) is 39.8 Å². The molecule has 2 amide bonds. The van der Waals surface area contributed by atoms with Gasteiger partial charge in [-0.1, -0.05) is 12.1 Å². The van der Waals surface area contributed by atoms with Crippen LogP contribution in [0.1, 0.15) is 43.4 Å². The first-order valence-corrected chi connectivity index (χ1v) is 7.75. The van der Waals surface area contributed by atoms with Gasteiger partial charge in [-0.25, -0.2) is 0 Å². The Hall–Kier alpha value is -2.83. The van der Waals surface area contributed by atoms with Crippen LogP contribution in [0.15, 0.2) is 34.9 Å². The summed E-state index contributed by atoms with van der Waals surface area (Å²) in [6, 6.07) is 8.58. The van der Waals surface area contributed by atoms with Gasteiger partial charge in [0.1, 0.15) is 12.4 Å². The van der Waals surface area contributed by atoms with Crippen LogP contribution < -0.4 is 15.4 Å². The molecule has 0 aliphatic carbocycles. The number of amides is 2. The summed E-state index contributed by atoms with van der Waals surface area (Å²) in [4.78, 5) is 22.9. The monoisotopic (exact) mass is 331 g/mol. The van der Waals surface area contributed by atoms with E-state index in [2.05, 4.69) is 15.8 Å². The Labute approximate surface area is 140 Å². The molecule has 0 saturated heterocycles.